The van der Waals surface area contributed by atoms with Crippen LogP contribution < -0.4 is 5.32 Å². The number of likely N-dealkylation sites (tertiary alicyclic amines) is 1. The van der Waals surface area contributed by atoms with Gasteiger partial charge in [-0.1, -0.05) is 41.4 Å². The van der Waals surface area contributed by atoms with Gasteiger partial charge >= 0.3 is 5.97 Å². The van der Waals surface area contributed by atoms with Crippen molar-refractivity contribution in [2.45, 2.75) is 25.8 Å². The number of carboxylic acid groups (broad SMARTS) is 1. The number of hydrogen-bond donors (Lipinski definition) is 2. The average molecular weight is 421 g/mol. The van der Waals surface area contributed by atoms with Crippen LogP contribution >= 0.6 is 23.2 Å². The smallest absolute Gasteiger partial charge is 0.306 e. The number of rotatable bonds is 6. The lowest BCUT2D eigenvalue weighted by Crippen LogP contribution is -2.35. The number of piperidine rings is 1. The first-order valence-electron chi connectivity index (χ1n) is 9.19. The number of carbonyl (C=O) groups excluding carboxylic acids is 1. The zero-order chi connectivity index (χ0) is 20.1. The van der Waals surface area contributed by atoms with Crippen molar-refractivity contribution in [1.82, 2.24) is 4.90 Å². The first-order chi connectivity index (χ1) is 13.4. The molecule has 0 saturated carbocycles. The molecule has 1 amide bonds. The summed E-state index contributed by atoms with van der Waals surface area (Å²) in [5.74, 6) is -1.13. The monoisotopic (exact) mass is 420 g/mol. The molecule has 2 aromatic carbocycles. The number of halogens is 2. The number of aliphatic carboxylic acids is 1. The van der Waals surface area contributed by atoms with Gasteiger partial charge in [0.25, 0.3) is 0 Å². The SMILES string of the molecule is O=C(Cc1c(Cl)cccc1Cl)Nc1cccc(CN2CCC(C(=O)O)CC2)c1. The number of carboxylic acids is 1. The number of nitrogens with one attached hydrogen (secondary N) is 1. The van der Waals surface area contributed by atoms with Crippen LogP contribution in [0.4, 0.5) is 5.69 Å². The Morgan fingerprint density at radius 2 is 1.71 bits per heavy atom. The van der Waals surface area contributed by atoms with Gasteiger partial charge in [0.2, 0.25) is 5.91 Å². The van der Waals surface area contributed by atoms with E-state index < -0.39 is 5.97 Å². The van der Waals surface area contributed by atoms with Crippen molar-refractivity contribution in [3.63, 3.8) is 0 Å². The highest BCUT2D eigenvalue weighted by molar-refractivity contribution is 6.36. The second-order valence-electron chi connectivity index (χ2n) is 7.01. The molecule has 148 valence electrons. The molecular formula is C21H22Cl2N2O3. The molecule has 0 unspecified atom stereocenters. The van der Waals surface area contributed by atoms with Gasteiger partial charge in [-0.15, -0.1) is 0 Å². The summed E-state index contributed by atoms with van der Waals surface area (Å²) in [5, 5.41) is 12.9. The van der Waals surface area contributed by atoms with Gasteiger partial charge in [-0.25, -0.2) is 0 Å². The summed E-state index contributed by atoms with van der Waals surface area (Å²) in [6, 6.07) is 12.9. The van der Waals surface area contributed by atoms with Gasteiger partial charge in [0.15, 0.2) is 0 Å². The van der Waals surface area contributed by atoms with Crippen molar-refractivity contribution < 1.29 is 14.7 Å². The number of nitrogens with zero attached hydrogens (tertiary/aromatic N) is 1. The van der Waals surface area contributed by atoms with E-state index in [0.29, 0.717) is 34.1 Å². The van der Waals surface area contributed by atoms with Gasteiger partial charge in [0.1, 0.15) is 0 Å². The average Bonchev–Trinajstić information content (AvgIpc) is 2.65. The molecule has 1 fully saturated rings. The van der Waals surface area contributed by atoms with Gasteiger partial charge in [-0.05, 0) is 61.3 Å². The molecule has 0 radical (unpaired) electrons. The van der Waals surface area contributed by atoms with Crippen molar-refractivity contribution >= 4 is 40.8 Å². The molecule has 0 aliphatic carbocycles. The van der Waals surface area contributed by atoms with Crippen LogP contribution in [0, 0.1) is 5.92 Å². The summed E-state index contributed by atoms with van der Waals surface area (Å²) in [5.41, 5.74) is 2.40. The summed E-state index contributed by atoms with van der Waals surface area (Å²) in [6.07, 6.45) is 1.44. The molecule has 2 aromatic rings. The third kappa shape index (κ3) is 5.47. The number of benzene rings is 2. The normalized spacial score (nSPS) is 15.4. The molecule has 28 heavy (non-hydrogen) atoms. The van der Waals surface area contributed by atoms with E-state index in [9.17, 15) is 9.59 Å². The topological polar surface area (TPSA) is 69.6 Å². The zero-order valence-corrected chi connectivity index (χ0v) is 16.8. The number of amides is 1. The minimum atomic E-state index is -0.706. The van der Waals surface area contributed by atoms with Gasteiger partial charge in [-0.3, -0.25) is 14.5 Å². The molecule has 2 N–H and O–H groups in total. The Morgan fingerprint density at radius 3 is 2.36 bits per heavy atom. The van der Waals surface area contributed by atoms with Crippen LogP contribution in [0.25, 0.3) is 0 Å². The number of anilines is 1. The summed E-state index contributed by atoms with van der Waals surface area (Å²) in [4.78, 5) is 25.7. The predicted molar refractivity (Wildman–Crippen MR) is 111 cm³/mol. The zero-order valence-electron chi connectivity index (χ0n) is 15.3. The van der Waals surface area contributed by atoms with E-state index in [0.717, 1.165) is 25.2 Å². The van der Waals surface area contributed by atoms with E-state index in [4.69, 9.17) is 28.3 Å². The predicted octanol–water partition coefficient (Wildman–Crippen LogP) is 4.47. The molecule has 1 aliphatic heterocycles. The van der Waals surface area contributed by atoms with E-state index >= 15 is 0 Å². The van der Waals surface area contributed by atoms with Gasteiger partial charge < -0.3 is 10.4 Å². The van der Waals surface area contributed by atoms with Crippen molar-refractivity contribution in [3.8, 4) is 0 Å². The Balaban J connectivity index is 1.57. The number of carbonyl (C=O) groups is 2. The third-order valence-electron chi connectivity index (χ3n) is 4.95. The highest BCUT2D eigenvalue weighted by atomic mass is 35.5. The van der Waals surface area contributed by atoms with Crippen LogP contribution in [0.2, 0.25) is 10.0 Å². The van der Waals surface area contributed by atoms with Crippen LogP contribution in [0.1, 0.15) is 24.0 Å². The lowest BCUT2D eigenvalue weighted by Gasteiger charge is -2.30. The first kappa shape index (κ1) is 20.6. The van der Waals surface area contributed by atoms with Gasteiger partial charge in [-0.2, -0.15) is 0 Å². The maximum Gasteiger partial charge on any atom is 0.306 e. The summed E-state index contributed by atoms with van der Waals surface area (Å²) < 4.78 is 0. The summed E-state index contributed by atoms with van der Waals surface area (Å²) >= 11 is 12.3. The molecule has 7 heteroatoms. The molecule has 3 rings (SSSR count). The minimum Gasteiger partial charge on any atom is -0.481 e. The molecular weight excluding hydrogens is 399 g/mol. The first-order valence-corrected chi connectivity index (χ1v) is 9.95. The van der Waals surface area contributed by atoms with Crippen LogP contribution in [0.5, 0.6) is 0 Å². The molecule has 0 bridgehead atoms. The lowest BCUT2D eigenvalue weighted by atomic mass is 9.97. The van der Waals surface area contributed by atoms with Crippen LogP contribution in [0.3, 0.4) is 0 Å². The fourth-order valence-corrected chi connectivity index (χ4v) is 3.94. The van der Waals surface area contributed by atoms with Crippen molar-refractivity contribution in [2.24, 2.45) is 5.92 Å². The van der Waals surface area contributed by atoms with E-state index in [2.05, 4.69) is 10.2 Å². The fourth-order valence-electron chi connectivity index (χ4n) is 3.41. The van der Waals surface area contributed by atoms with Crippen LogP contribution in [-0.4, -0.2) is 35.0 Å². The van der Waals surface area contributed by atoms with E-state index in [1.807, 2.05) is 24.3 Å². The Morgan fingerprint density at radius 1 is 1.07 bits per heavy atom. The van der Waals surface area contributed by atoms with E-state index in [-0.39, 0.29) is 18.2 Å². The second kappa shape index (κ2) is 9.41. The quantitative estimate of drug-likeness (QED) is 0.722. The largest absolute Gasteiger partial charge is 0.481 e. The second-order valence-corrected chi connectivity index (χ2v) is 7.83. The standard InChI is InChI=1S/C21H22Cl2N2O3/c22-18-5-2-6-19(23)17(18)12-20(26)24-16-4-1-3-14(11-16)13-25-9-7-15(8-10-25)21(27)28/h1-6,11,15H,7-10,12-13H2,(H,24,26)(H,27,28). The maximum absolute atomic E-state index is 12.4. The van der Waals surface area contributed by atoms with Crippen molar-refractivity contribution in [3.05, 3.63) is 63.6 Å². The molecule has 1 heterocycles. The Bertz CT molecular complexity index is 844. The Kier molecular flexibility index (Phi) is 6.94. The molecule has 0 aromatic heterocycles. The number of hydrogen-bond acceptors (Lipinski definition) is 3. The van der Waals surface area contributed by atoms with Gasteiger partial charge in [0, 0.05) is 22.3 Å². The molecule has 1 aliphatic rings. The molecule has 0 atom stereocenters. The van der Waals surface area contributed by atoms with Gasteiger partial charge in [0.05, 0.1) is 12.3 Å². The van der Waals surface area contributed by atoms with E-state index in [1.165, 1.54) is 0 Å². The van der Waals surface area contributed by atoms with E-state index in [1.54, 1.807) is 18.2 Å². The Hall–Kier alpha value is -2.08. The maximum atomic E-state index is 12.4. The molecule has 1 saturated heterocycles. The fraction of sp³-hybridized carbons (Fsp3) is 0.333. The highest BCUT2D eigenvalue weighted by Gasteiger charge is 2.24. The minimum absolute atomic E-state index is 0.103. The Labute approximate surface area is 174 Å². The highest BCUT2D eigenvalue weighted by Crippen LogP contribution is 2.25. The van der Waals surface area contributed by atoms with Crippen LogP contribution in [-0.2, 0) is 22.6 Å². The third-order valence-corrected chi connectivity index (χ3v) is 5.66. The van der Waals surface area contributed by atoms with Crippen molar-refractivity contribution in [1.29, 1.82) is 0 Å². The summed E-state index contributed by atoms with van der Waals surface area (Å²) in [7, 11) is 0. The lowest BCUT2D eigenvalue weighted by molar-refractivity contribution is -0.143. The van der Waals surface area contributed by atoms with Crippen molar-refractivity contribution in [2.75, 3.05) is 18.4 Å². The molecule has 5 nitrogen and oxygen atoms in total. The summed E-state index contributed by atoms with van der Waals surface area (Å²) in [6.45, 7) is 2.25. The van der Waals surface area contributed by atoms with Crippen LogP contribution in [0.15, 0.2) is 42.5 Å². The molecule has 0 spiro atoms.